The third kappa shape index (κ3) is 8.45. The average Bonchev–Trinajstić information content (AvgIpc) is 3.93. The van der Waals surface area contributed by atoms with Crippen molar-refractivity contribution in [3.05, 3.63) is 160 Å². The lowest BCUT2D eigenvalue weighted by Gasteiger charge is -2.44. The summed E-state index contributed by atoms with van der Waals surface area (Å²) in [5.41, 5.74) is -14.3. The number of halogens is 21. The van der Waals surface area contributed by atoms with Crippen LogP contribution in [0.2, 0.25) is 0 Å². The molecular weight excluding hydrogens is 1030 g/mol. The Morgan fingerprint density at radius 1 is 0.328 bits per heavy atom. The fourth-order valence-electron chi connectivity index (χ4n) is 6.74. The minimum absolute atomic E-state index is 0.295. The number of benzene rings is 4. The van der Waals surface area contributed by atoms with Gasteiger partial charge in [-0.05, 0) is 25.0 Å². The summed E-state index contributed by atoms with van der Waals surface area (Å²) in [7, 11) is 0. The van der Waals surface area contributed by atoms with Gasteiger partial charge in [0.2, 0.25) is 0 Å². The molecule has 4 aromatic carbocycles. The first kappa shape index (κ1) is 49.8. The molecule has 2 heterocycles. The van der Waals surface area contributed by atoms with Crippen LogP contribution in [0.4, 0.5) is 87.8 Å². The van der Waals surface area contributed by atoms with Crippen LogP contribution in [0.25, 0.3) is 0 Å². The maximum Gasteiger partial charge on any atom is 0.442 e. The molecule has 0 saturated heterocycles. The minimum Gasteiger partial charge on any atom is -0.423 e. The quantitative estimate of drug-likeness (QED) is 0.0417. The zero-order chi connectivity index (χ0) is 47.9. The van der Waals surface area contributed by atoms with Crippen LogP contribution < -0.4 is 43.1 Å². The number of unbranched alkanes of at least 4 members (excludes halogenated alkanes) is 2. The van der Waals surface area contributed by atoms with Crippen LogP contribution in [0.5, 0.6) is 0 Å². The lowest BCUT2D eigenvalue weighted by molar-refractivity contribution is -0.636. The van der Waals surface area contributed by atoms with Crippen molar-refractivity contribution in [1.82, 2.24) is 0 Å². The largest absolute Gasteiger partial charge is 0.442 e. The Labute approximate surface area is 357 Å². The second-order valence-electron chi connectivity index (χ2n) is 13.5. The van der Waals surface area contributed by atoms with E-state index < -0.39 is 144 Å². The van der Waals surface area contributed by atoms with E-state index in [1.807, 2.05) is 0 Å². The van der Waals surface area contributed by atoms with E-state index in [0.717, 1.165) is 31.9 Å². The third-order valence-corrected chi connectivity index (χ3v) is 11.9. The molecule has 344 valence electrons. The van der Waals surface area contributed by atoms with E-state index >= 15 is 35.1 Å². The van der Waals surface area contributed by atoms with Gasteiger partial charge in [0.25, 0.3) is 0 Å². The maximum atomic E-state index is 15.4. The molecule has 6 rings (SSSR count). The Kier molecular flexibility index (Phi) is 15.2. The van der Waals surface area contributed by atoms with Crippen LogP contribution in [-0.4, -0.2) is 6.15 Å². The van der Waals surface area contributed by atoms with Crippen LogP contribution in [0.1, 0.15) is 51.1 Å². The monoisotopic (exact) mass is 1050 g/mol. The highest BCUT2D eigenvalue weighted by Crippen LogP contribution is 2.31. The summed E-state index contributed by atoms with van der Waals surface area (Å²) in [6.45, 7) is 4.41. The molecule has 6 aromatic rings. The van der Waals surface area contributed by atoms with E-state index in [0.29, 0.717) is 0 Å². The van der Waals surface area contributed by atoms with Gasteiger partial charge >= 0.3 is 28.7 Å². The first-order valence-corrected chi connectivity index (χ1v) is 20.2. The highest BCUT2D eigenvalue weighted by molar-refractivity contribution is 7.20. The molecule has 2 aromatic heterocycles. The molecule has 0 aliphatic heterocycles. The van der Waals surface area contributed by atoms with Gasteiger partial charge in [-0.1, -0.05) is 26.7 Å². The van der Waals surface area contributed by atoms with E-state index in [2.05, 4.69) is 38.1 Å². The van der Waals surface area contributed by atoms with Gasteiger partial charge in [-0.25, -0.2) is 87.8 Å². The maximum absolute atomic E-state index is 15.4. The molecule has 0 spiro atoms. The molecule has 64 heavy (non-hydrogen) atoms. The summed E-state index contributed by atoms with van der Waals surface area (Å²) in [5.74, 6) is -69.2. The normalized spacial score (nSPS) is 11.7. The SMILES string of the molecule is CCCCc1ccc([I+]c2ccc(CCCC)o2)o1.Fc1c(F)c(F)c([B-](c2c(F)c(F)c(F)c(F)c2F)(c2c(F)c(F)c(F)c(F)c2F)c2c(F)c(F)c(F)c(F)c2F)c(F)c1F. The van der Waals surface area contributed by atoms with Crippen molar-refractivity contribution in [2.24, 2.45) is 0 Å². The Hall–Kier alpha value is -5.17. The third-order valence-electron chi connectivity index (χ3n) is 9.70. The Morgan fingerprint density at radius 3 is 0.734 bits per heavy atom. The summed E-state index contributed by atoms with van der Waals surface area (Å²) in [6.07, 6.45) is -0.278. The molecule has 0 saturated carbocycles. The number of aryl methyl sites for hydroxylation is 2. The summed E-state index contributed by atoms with van der Waals surface area (Å²) in [5, 5.41) is 0. The second-order valence-corrected chi connectivity index (χ2v) is 16.2. The summed E-state index contributed by atoms with van der Waals surface area (Å²) in [4.78, 5) is 0. The Morgan fingerprint density at radius 2 is 0.531 bits per heavy atom. The molecule has 0 radical (unpaired) electrons. The molecule has 0 atom stereocenters. The fraction of sp³-hybridized carbons (Fsp3) is 0.200. The van der Waals surface area contributed by atoms with Crippen molar-refractivity contribution in [3.63, 3.8) is 0 Å². The molecule has 0 N–H and O–H groups in total. The van der Waals surface area contributed by atoms with Gasteiger partial charge in [-0.15, -0.1) is 21.9 Å². The molecule has 0 aliphatic rings. The lowest BCUT2D eigenvalue weighted by atomic mass is 9.12. The lowest BCUT2D eigenvalue weighted by Crippen LogP contribution is -3.61. The fourth-order valence-corrected chi connectivity index (χ4v) is 8.77. The number of hydrogen-bond donors (Lipinski definition) is 0. The van der Waals surface area contributed by atoms with Gasteiger partial charge in [0, 0.05) is 25.0 Å². The minimum atomic E-state index is -7.22. The van der Waals surface area contributed by atoms with Crippen molar-refractivity contribution in [2.45, 2.75) is 52.4 Å². The summed E-state index contributed by atoms with van der Waals surface area (Å²) < 4.78 is 308. The average molecular weight is 1050 g/mol. The zero-order valence-corrected chi connectivity index (χ0v) is 34.0. The number of rotatable bonds is 12. The van der Waals surface area contributed by atoms with Crippen molar-refractivity contribution in [3.8, 4) is 0 Å². The van der Waals surface area contributed by atoms with Crippen LogP contribution in [0.3, 0.4) is 0 Å². The Balaban J connectivity index is 0.000000337. The standard InChI is InChI=1S/C24BF20.C16H22IO2/c26-5-1(6(27)14(35)21(42)13(5)34)25(2-7(28)15(36)22(43)16(37)8(2)29,3-9(30)17(38)23(44)18(39)10(3)31)4-11(32)19(40)24(45)20(41)12(4)33;1-3-5-7-13-9-11-15(18-13)17-16-12-10-14(19-16)8-6-4-2/h;9-12H,3-8H2,1-2H3/q-1;+1. The second kappa shape index (κ2) is 19.5. The van der Waals surface area contributed by atoms with E-state index in [9.17, 15) is 52.7 Å². The van der Waals surface area contributed by atoms with Crippen molar-refractivity contribution in [1.29, 1.82) is 0 Å². The van der Waals surface area contributed by atoms with Crippen molar-refractivity contribution < 1.29 is 118 Å². The molecule has 0 bridgehead atoms. The molecule has 0 unspecified atom stereocenters. The highest BCUT2D eigenvalue weighted by atomic mass is 127. The predicted molar refractivity (Wildman–Crippen MR) is 181 cm³/mol. The van der Waals surface area contributed by atoms with Crippen LogP contribution in [-0.2, 0) is 12.8 Å². The van der Waals surface area contributed by atoms with E-state index in [-0.39, 0.29) is 21.2 Å². The summed E-state index contributed by atoms with van der Waals surface area (Å²) >= 11 is -0.295. The van der Waals surface area contributed by atoms with Crippen molar-refractivity contribution >= 4 is 28.0 Å². The first-order valence-electron chi connectivity index (χ1n) is 18.1. The van der Waals surface area contributed by atoms with E-state index in [1.54, 1.807) is 0 Å². The molecule has 0 aliphatic carbocycles. The zero-order valence-electron chi connectivity index (χ0n) is 31.9. The van der Waals surface area contributed by atoms with Gasteiger partial charge in [0.05, 0.1) is 0 Å². The van der Waals surface area contributed by atoms with Crippen molar-refractivity contribution in [2.75, 3.05) is 0 Å². The topological polar surface area (TPSA) is 26.3 Å². The summed E-state index contributed by atoms with van der Waals surface area (Å²) in [6, 6.07) is 8.47. The van der Waals surface area contributed by atoms with Gasteiger partial charge in [0.15, 0.2) is 69.8 Å². The predicted octanol–water partition coefficient (Wildman–Crippen LogP) is 7.53. The first-order chi connectivity index (χ1) is 30.0. The van der Waals surface area contributed by atoms with Gasteiger partial charge < -0.3 is 8.83 Å². The molecule has 0 amide bonds. The van der Waals surface area contributed by atoms with Gasteiger partial charge in [-0.3, -0.25) is 0 Å². The van der Waals surface area contributed by atoms with Gasteiger partial charge in [-0.2, -0.15) is 0 Å². The number of furan rings is 2. The van der Waals surface area contributed by atoms with Crippen LogP contribution >= 0.6 is 0 Å². The smallest absolute Gasteiger partial charge is 0.423 e. The Bertz CT molecular complexity index is 2320. The number of hydrogen-bond acceptors (Lipinski definition) is 2. The molecule has 2 nitrogen and oxygen atoms in total. The van der Waals surface area contributed by atoms with Crippen LogP contribution in [0, 0.1) is 124 Å². The van der Waals surface area contributed by atoms with E-state index in [1.165, 1.54) is 25.7 Å². The van der Waals surface area contributed by atoms with Gasteiger partial charge in [0.1, 0.15) is 64.2 Å². The molecule has 24 heteroatoms. The van der Waals surface area contributed by atoms with E-state index in [4.69, 9.17) is 8.83 Å². The highest BCUT2D eigenvalue weighted by Gasteiger charge is 2.52. The molecule has 0 fully saturated rings. The molecular formula is C40H22BF20IO2. The van der Waals surface area contributed by atoms with Crippen LogP contribution in [0.15, 0.2) is 33.1 Å².